The number of sulfonamides is 1. The van der Waals surface area contributed by atoms with Crippen LogP contribution in [0.25, 0.3) is 0 Å². The molecule has 0 aliphatic carbocycles. The number of benzene rings is 2. The second-order valence-electron chi connectivity index (χ2n) is 5.78. The van der Waals surface area contributed by atoms with Gasteiger partial charge in [0, 0.05) is 12.2 Å². The largest absolute Gasteiger partial charge is 0.326 e. The Morgan fingerprint density at radius 2 is 2.00 bits per heavy atom. The van der Waals surface area contributed by atoms with Crippen LogP contribution in [-0.4, -0.2) is 20.9 Å². The molecule has 126 valence electrons. The van der Waals surface area contributed by atoms with Crippen LogP contribution in [0.5, 0.6) is 0 Å². The molecule has 0 bridgehead atoms. The van der Waals surface area contributed by atoms with E-state index in [1.54, 1.807) is 0 Å². The van der Waals surface area contributed by atoms with Gasteiger partial charge in [0.15, 0.2) is 0 Å². The van der Waals surface area contributed by atoms with Gasteiger partial charge in [-0.05, 0) is 54.3 Å². The quantitative estimate of drug-likeness (QED) is 0.869. The third-order valence-corrected chi connectivity index (χ3v) is 5.40. The average molecular weight is 348 g/mol. The van der Waals surface area contributed by atoms with Crippen LogP contribution < -0.4 is 10.0 Å². The molecule has 2 aromatic rings. The number of halogens is 1. The Kier molecular flexibility index (Phi) is 4.38. The van der Waals surface area contributed by atoms with E-state index in [0.29, 0.717) is 12.8 Å². The highest BCUT2D eigenvalue weighted by molar-refractivity contribution is 7.89. The van der Waals surface area contributed by atoms with E-state index >= 15 is 0 Å². The van der Waals surface area contributed by atoms with E-state index in [-0.39, 0.29) is 22.9 Å². The van der Waals surface area contributed by atoms with Crippen molar-refractivity contribution in [2.24, 2.45) is 0 Å². The third kappa shape index (κ3) is 3.47. The van der Waals surface area contributed by atoms with Crippen LogP contribution >= 0.6 is 0 Å². The summed E-state index contributed by atoms with van der Waals surface area (Å²) in [6, 6.07) is 9.30. The van der Waals surface area contributed by atoms with E-state index in [2.05, 4.69) is 10.0 Å². The van der Waals surface area contributed by atoms with E-state index in [1.807, 2.05) is 18.2 Å². The van der Waals surface area contributed by atoms with E-state index in [0.717, 1.165) is 22.9 Å². The molecule has 0 saturated carbocycles. The zero-order valence-corrected chi connectivity index (χ0v) is 13.9. The Hall–Kier alpha value is -2.25. The fraction of sp³-hybridized carbons (Fsp3) is 0.235. The van der Waals surface area contributed by atoms with Gasteiger partial charge in [0.1, 0.15) is 5.82 Å². The number of nitrogens with one attached hydrogen (secondary N) is 2. The van der Waals surface area contributed by atoms with Crippen LogP contribution in [-0.2, 0) is 27.7 Å². The van der Waals surface area contributed by atoms with Gasteiger partial charge in [0.2, 0.25) is 15.9 Å². The van der Waals surface area contributed by atoms with Crippen LogP contribution in [0.1, 0.15) is 16.7 Å². The number of fused-ring (bicyclic) bond motifs is 1. The van der Waals surface area contributed by atoms with Gasteiger partial charge in [-0.1, -0.05) is 12.1 Å². The first-order valence-electron chi connectivity index (χ1n) is 7.52. The fourth-order valence-electron chi connectivity index (χ4n) is 2.64. The third-order valence-electron chi connectivity index (χ3n) is 3.94. The van der Waals surface area contributed by atoms with Crippen LogP contribution in [0.3, 0.4) is 0 Å². The summed E-state index contributed by atoms with van der Waals surface area (Å²) in [7, 11) is -3.67. The minimum atomic E-state index is -3.67. The van der Waals surface area contributed by atoms with Gasteiger partial charge in [-0.2, -0.15) is 0 Å². The molecule has 2 aromatic carbocycles. The predicted octanol–water partition coefficient (Wildman–Crippen LogP) is 2.15. The highest BCUT2D eigenvalue weighted by atomic mass is 32.2. The van der Waals surface area contributed by atoms with Crippen molar-refractivity contribution in [3.8, 4) is 0 Å². The van der Waals surface area contributed by atoms with Gasteiger partial charge in [0.25, 0.3) is 0 Å². The standard InChI is InChI=1S/C17H17FN2O3S/c1-11-8-14(3-4-15(11)18)24(22,23)19-7-6-12-2-5-16-13(9-12)10-17(21)20-16/h2-5,8-9,19H,6-7,10H2,1H3,(H,20,21). The number of amides is 1. The average Bonchev–Trinajstić information content (AvgIpc) is 2.89. The zero-order chi connectivity index (χ0) is 17.3. The number of hydrogen-bond donors (Lipinski definition) is 2. The van der Waals surface area contributed by atoms with E-state index in [1.165, 1.54) is 19.1 Å². The number of carbonyl (C=O) groups is 1. The second-order valence-corrected chi connectivity index (χ2v) is 7.54. The molecule has 1 aliphatic rings. The maximum absolute atomic E-state index is 13.3. The van der Waals surface area contributed by atoms with Gasteiger partial charge < -0.3 is 5.32 Å². The van der Waals surface area contributed by atoms with Crippen LogP contribution in [0.15, 0.2) is 41.3 Å². The highest BCUT2D eigenvalue weighted by Gasteiger charge is 2.18. The Bertz CT molecular complexity index is 910. The summed E-state index contributed by atoms with van der Waals surface area (Å²) in [6.07, 6.45) is 0.852. The van der Waals surface area contributed by atoms with Crippen LogP contribution in [0.2, 0.25) is 0 Å². The van der Waals surface area contributed by atoms with E-state index < -0.39 is 15.8 Å². The van der Waals surface area contributed by atoms with Gasteiger partial charge in [-0.25, -0.2) is 17.5 Å². The molecule has 0 unspecified atom stereocenters. The molecule has 0 aromatic heterocycles. The minimum absolute atomic E-state index is 0.0328. The molecule has 1 amide bonds. The van der Waals surface area contributed by atoms with Crippen molar-refractivity contribution in [1.82, 2.24) is 4.72 Å². The molecule has 0 fully saturated rings. The summed E-state index contributed by atoms with van der Waals surface area (Å²) in [5, 5.41) is 2.76. The van der Waals surface area contributed by atoms with E-state index in [4.69, 9.17) is 0 Å². The molecule has 7 heteroatoms. The Morgan fingerprint density at radius 1 is 1.21 bits per heavy atom. The summed E-state index contributed by atoms with van der Waals surface area (Å²) in [4.78, 5) is 11.4. The van der Waals surface area contributed by atoms with Crippen molar-refractivity contribution in [3.63, 3.8) is 0 Å². The smallest absolute Gasteiger partial charge is 0.240 e. The van der Waals surface area contributed by atoms with Gasteiger partial charge in [-0.15, -0.1) is 0 Å². The molecule has 0 atom stereocenters. The number of carbonyl (C=O) groups excluding carboxylic acids is 1. The number of hydrogen-bond acceptors (Lipinski definition) is 3. The minimum Gasteiger partial charge on any atom is -0.326 e. The Labute approximate surface area is 139 Å². The first-order valence-corrected chi connectivity index (χ1v) is 9.01. The molecule has 0 radical (unpaired) electrons. The first kappa shape index (κ1) is 16.6. The maximum atomic E-state index is 13.3. The lowest BCUT2D eigenvalue weighted by Gasteiger charge is -2.09. The summed E-state index contributed by atoms with van der Waals surface area (Å²) >= 11 is 0. The van der Waals surface area contributed by atoms with Crippen molar-refractivity contribution in [2.75, 3.05) is 11.9 Å². The Balaban J connectivity index is 1.64. The first-order chi connectivity index (χ1) is 11.3. The summed E-state index contributed by atoms with van der Waals surface area (Å²) in [5.41, 5.74) is 2.97. The summed E-state index contributed by atoms with van der Waals surface area (Å²) in [5.74, 6) is -0.468. The van der Waals surface area contributed by atoms with Crippen molar-refractivity contribution >= 4 is 21.6 Å². The van der Waals surface area contributed by atoms with Crippen molar-refractivity contribution < 1.29 is 17.6 Å². The molecule has 1 heterocycles. The highest BCUT2D eigenvalue weighted by Crippen LogP contribution is 2.24. The van der Waals surface area contributed by atoms with Gasteiger partial charge in [0.05, 0.1) is 11.3 Å². The number of rotatable bonds is 5. The molecule has 3 rings (SSSR count). The lowest BCUT2D eigenvalue weighted by molar-refractivity contribution is -0.115. The SMILES string of the molecule is Cc1cc(S(=O)(=O)NCCc2ccc3c(c2)CC(=O)N3)ccc1F. The van der Waals surface area contributed by atoms with Crippen molar-refractivity contribution in [3.05, 3.63) is 58.9 Å². The topological polar surface area (TPSA) is 75.3 Å². The Morgan fingerprint density at radius 3 is 2.75 bits per heavy atom. The van der Waals surface area contributed by atoms with Gasteiger partial charge in [-0.3, -0.25) is 4.79 Å². The van der Waals surface area contributed by atoms with Crippen LogP contribution in [0.4, 0.5) is 10.1 Å². The number of anilines is 1. The lowest BCUT2D eigenvalue weighted by atomic mass is 10.1. The molecule has 0 spiro atoms. The van der Waals surface area contributed by atoms with Crippen molar-refractivity contribution in [1.29, 1.82) is 0 Å². The number of aryl methyl sites for hydroxylation is 1. The van der Waals surface area contributed by atoms with Crippen molar-refractivity contribution in [2.45, 2.75) is 24.7 Å². The molecule has 24 heavy (non-hydrogen) atoms. The molecular weight excluding hydrogens is 331 g/mol. The summed E-state index contributed by atoms with van der Waals surface area (Å²) in [6.45, 7) is 1.74. The molecule has 0 saturated heterocycles. The monoisotopic (exact) mass is 348 g/mol. The van der Waals surface area contributed by atoms with Crippen LogP contribution in [0, 0.1) is 12.7 Å². The molecular formula is C17H17FN2O3S. The predicted molar refractivity (Wildman–Crippen MR) is 88.8 cm³/mol. The molecule has 5 nitrogen and oxygen atoms in total. The fourth-order valence-corrected chi connectivity index (χ4v) is 3.75. The second kappa shape index (κ2) is 6.33. The normalized spacial score (nSPS) is 13.7. The maximum Gasteiger partial charge on any atom is 0.240 e. The summed E-state index contributed by atoms with van der Waals surface area (Å²) < 4.78 is 40.2. The molecule has 1 aliphatic heterocycles. The zero-order valence-electron chi connectivity index (χ0n) is 13.1. The van der Waals surface area contributed by atoms with E-state index in [9.17, 15) is 17.6 Å². The lowest BCUT2D eigenvalue weighted by Crippen LogP contribution is -2.26. The molecule has 2 N–H and O–H groups in total. The van der Waals surface area contributed by atoms with Gasteiger partial charge >= 0.3 is 0 Å².